The van der Waals surface area contributed by atoms with Crippen LogP contribution in [0.3, 0.4) is 0 Å². The summed E-state index contributed by atoms with van der Waals surface area (Å²) in [6, 6.07) is 15.3. The molecule has 30 heavy (non-hydrogen) atoms. The van der Waals surface area contributed by atoms with E-state index in [1.807, 2.05) is 47.4 Å². The van der Waals surface area contributed by atoms with Gasteiger partial charge in [-0.1, -0.05) is 29.8 Å². The van der Waals surface area contributed by atoms with Crippen LogP contribution in [-0.4, -0.2) is 51.9 Å². The number of rotatable bonds is 3. The Labute approximate surface area is 182 Å². The van der Waals surface area contributed by atoms with Crippen molar-refractivity contribution in [3.05, 3.63) is 70.8 Å². The van der Waals surface area contributed by atoms with Crippen LogP contribution in [0.25, 0.3) is 21.5 Å². The highest BCUT2D eigenvalue weighted by Crippen LogP contribution is 2.32. The van der Waals surface area contributed by atoms with Crippen molar-refractivity contribution in [2.45, 2.75) is 0 Å². The minimum absolute atomic E-state index is 0.0196. The van der Waals surface area contributed by atoms with E-state index >= 15 is 0 Å². The first kappa shape index (κ1) is 19.0. The number of aromatic nitrogens is 3. The molecule has 0 spiro atoms. The molecule has 5 rings (SSSR count). The van der Waals surface area contributed by atoms with Crippen LogP contribution in [0, 0.1) is 0 Å². The number of fused-ring (bicyclic) bond motifs is 1. The summed E-state index contributed by atoms with van der Waals surface area (Å²) in [5, 5.41) is 0.864. The third-order valence-corrected chi connectivity index (χ3v) is 6.43. The average Bonchev–Trinajstić information content (AvgIpc) is 3.25. The molecule has 0 radical (unpaired) electrons. The van der Waals surface area contributed by atoms with E-state index in [1.165, 1.54) is 11.3 Å². The Balaban J connectivity index is 1.45. The van der Waals surface area contributed by atoms with Crippen molar-refractivity contribution in [3.63, 3.8) is 0 Å². The van der Waals surface area contributed by atoms with E-state index < -0.39 is 0 Å². The predicted molar refractivity (Wildman–Crippen MR) is 120 cm³/mol. The first-order valence-corrected chi connectivity index (χ1v) is 10.9. The Bertz CT molecular complexity index is 1200. The van der Waals surface area contributed by atoms with E-state index in [9.17, 15) is 4.79 Å². The van der Waals surface area contributed by atoms with Crippen LogP contribution in [0.15, 0.2) is 60.9 Å². The van der Waals surface area contributed by atoms with Crippen LogP contribution in [0.4, 0.5) is 5.95 Å². The molecule has 6 nitrogen and oxygen atoms in total. The van der Waals surface area contributed by atoms with Crippen molar-refractivity contribution >= 4 is 45.7 Å². The number of thiophene rings is 1. The molecule has 0 saturated carbocycles. The zero-order valence-corrected chi connectivity index (χ0v) is 17.6. The molecule has 1 saturated heterocycles. The maximum Gasteiger partial charge on any atom is 0.254 e. The lowest BCUT2D eigenvalue weighted by molar-refractivity contribution is 0.0748. The molecule has 0 aliphatic carbocycles. The van der Waals surface area contributed by atoms with Gasteiger partial charge in [-0.15, -0.1) is 11.3 Å². The largest absolute Gasteiger partial charge is 0.337 e. The highest BCUT2D eigenvalue weighted by atomic mass is 35.5. The molecule has 1 fully saturated rings. The van der Waals surface area contributed by atoms with Crippen LogP contribution in [0.5, 0.6) is 0 Å². The van der Waals surface area contributed by atoms with Gasteiger partial charge in [-0.05, 0) is 30.3 Å². The summed E-state index contributed by atoms with van der Waals surface area (Å²) in [7, 11) is 0. The number of anilines is 1. The fraction of sp³-hybridized carbons (Fsp3) is 0.182. The summed E-state index contributed by atoms with van der Waals surface area (Å²) >= 11 is 7.58. The van der Waals surface area contributed by atoms with Gasteiger partial charge in [-0.3, -0.25) is 4.79 Å². The molecule has 3 aromatic heterocycles. The summed E-state index contributed by atoms with van der Waals surface area (Å²) in [5.41, 5.74) is 2.24. The summed E-state index contributed by atoms with van der Waals surface area (Å²) in [6.07, 6.45) is 3.47. The number of para-hydroxylation sites is 1. The molecule has 1 aliphatic heterocycles. The monoisotopic (exact) mass is 435 g/mol. The smallest absolute Gasteiger partial charge is 0.254 e. The number of hydrogen-bond acceptors (Lipinski definition) is 6. The van der Waals surface area contributed by atoms with Crippen LogP contribution >= 0.6 is 22.9 Å². The highest BCUT2D eigenvalue weighted by molar-refractivity contribution is 7.19. The summed E-state index contributed by atoms with van der Waals surface area (Å²) < 4.78 is 0.701. The second-order valence-corrected chi connectivity index (χ2v) is 8.72. The van der Waals surface area contributed by atoms with E-state index in [0.717, 1.165) is 21.5 Å². The van der Waals surface area contributed by atoms with Crippen LogP contribution in [0.2, 0.25) is 4.34 Å². The third kappa shape index (κ3) is 3.62. The lowest BCUT2D eigenvalue weighted by atomic mass is 10.1. The van der Waals surface area contributed by atoms with E-state index in [1.54, 1.807) is 18.5 Å². The minimum atomic E-state index is 0.0196. The van der Waals surface area contributed by atoms with Crippen molar-refractivity contribution < 1.29 is 4.79 Å². The quantitative estimate of drug-likeness (QED) is 0.478. The zero-order valence-electron chi connectivity index (χ0n) is 16.0. The Morgan fingerprint density at radius 3 is 2.47 bits per heavy atom. The van der Waals surface area contributed by atoms with E-state index in [2.05, 4.69) is 14.9 Å². The number of halogens is 1. The molecule has 150 valence electrons. The predicted octanol–water partition coefficient (Wildman–Crippen LogP) is 4.37. The number of amides is 1. The molecular formula is C22H18ClN5OS. The lowest BCUT2D eigenvalue weighted by Crippen LogP contribution is -2.49. The van der Waals surface area contributed by atoms with E-state index in [4.69, 9.17) is 16.6 Å². The number of pyridine rings is 1. The van der Waals surface area contributed by atoms with Gasteiger partial charge >= 0.3 is 0 Å². The molecule has 0 atom stereocenters. The van der Waals surface area contributed by atoms with Gasteiger partial charge in [0.25, 0.3) is 5.91 Å². The van der Waals surface area contributed by atoms with Gasteiger partial charge in [0.1, 0.15) is 0 Å². The Hall–Kier alpha value is -3.03. The van der Waals surface area contributed by atoms with Gasteiger partial charge in [0.2, 0.25) is 5.95 Å². The van der Waals surface area contributed by atoms with Crippen molar-refractivity contribution in [3.8, 4) is 10.6 Å². The molecule has 0 N–H and O–H groups in total. The summed E-state index contributed by atoms with van der Waals surface area (Å²) in [6.45, 7) is 2.64. The first-order valence-electron chi connectivity index (χ1n) is 9.66. The topological polar surface area (TPSA) is 62.2 Å². The van der Waals surface area contributed by atoms with Gasteiger partial charge in [0.05, 0.1) is 26.0 Å². The van der Waals surface area contributed by atoms with Gasteiger partial charge in [0.15, 0.2) is 0 Å². The molecule has 8 heteroatoms. The van der Waals surface area contributed by atoms with Crippen molar-refractivity contribution in [1.29, 1.82) is 0 Å². The molecule has 1 amide bonds. The number of nitrogens with zero attached hydrogens (tertiary/aromatic N) is 5. The third-order valence-electron chi connectivity index (χ3n) is 5.17. The van der Waals surface area contributed by atoms with Gasteiger partial charge < -0.3 is 9.80 Å². The summed E-state index contributed by atoms with van der Waals surface area (Å²) in [5.74, 6) is 0.724. The summed E-state index contributed by atoms with van der Waals surface area (Å²) in [4.78, 5) is 31.8. The molecule has 1 aliphatic rings. The van der Waals surface area contributed by atoms with Crippen LogP contribution in [-0.2, 0) is 0 Å². The molecule has 0 unspecified atom stereocenters. The SMILES string of the molecule is O=C(c1cc(-c2ccc(Cl)s2)nc2ccccc12)N1CCN(c2ncccn2)CC1. The first-order chi connectivity index (χ1) is 14.7. The van der Waals surface area contributed by atoms with Gasteiger partial charge in [-0.25, -0.2) is 15.0 Å². The number of carbonyl (C=O) groups excluding carboxylic acids is 1. The fourth-order valence-corrected chi connectivity index (χ4v) is 4.67. The number of benzene rings is 1. The molecule has 4 aromatic rings. The van der Waals surface area contributed by atoms with E-state index in [0.29, 0.717) is 42.0 Å². The van der Waals surface area contributed by atoms with Crippen LogP contribution in [0.1, 0.15) is 10.4 Å². The van der Waals surface area contributed by atoms with E-state index in [-0.39, 0.29) is 5.91 Å². The fourth-order valence-electron chi connectivity index (χ4n) is 3.66. The van der Waals surface area contributed by atoms with Crippen molar-refractivity contribution in [2.75, 3.05) is 31.1 Å². The number of carbonyl (C=O) groups is 1. The molecule has 4 heterocycles. The Kier molecular flexibility index (Phi) is 5.06. The number of hydrogen-bond donors (Lipinski definition) is 0. The maximum atomic E-state index is 13.5. The second-order valence-electron chi connectivity index (χ2n) is 7.00. The Morgan fingerprint density at radius 2 is 1.73 bits per heavy atom. The number of piperazine rings is 1. The molecule has 0 bridgehead atoms. The lowest BCUT2D eigenvalue weighted by Gasteiger charge is -2.34. The molecule has 1 aromatic carbocycles. The van der Waals surface area contributed by atoms with Crippen molar-refractivity contribution in [2.24, 2.45) is 0 Å². The Morgan fingerprint density at radius 1 is 0.967 bits per heavy atom. The molecular weight excluding hydrogens is 418 g/mol. The standard InChI is InChI=1S/C22H18ClN5OS/c23-20-7-6-19(30-20)18-14-16(15-4-1-2-5-17(15)26-18)21(29)27-10-12-28(13-11-27)22-24-8-3-9-25-22/h1-9,14H,10-13H2. The second kappa shape index (κ2) is 8.01. The van der Waals surface area contributed by atoms with Crippen molar-refractivity contribution in [1.82, 2.24) is 19.9 Å². The average molecular weight is 436 g/mol. The minimum Gasteiger partial charge on any atom is -0.337 e. The van der Waals surface area contributed by atoms with Gasteiger partial charge in [-0.2, -0.15) is 0 Å². The maximum absolute atomic E-state index is 13.5. The zero-order chi connectivity index (χ0) is 20.5. The van der Waals surface area contributed by atoms with Gasteiger partial charge in [0, 0.05) is 44.0 Å². The van der Waals surface area contributed by atoms with Crippen LogP contribution < -0.4 is 4.90 Å². The highest BCUT2D eigenvalue weighted by Gasteiger charge is 2.25. The normalized spacial score (nSPS) is 14.3.